The molecule has 0 saturated carbocycles. The highest BCUT2D eigenvalue weighted by Gasteiger charge is 2.37. The molecule has 0 spiro atoms. The Labute approximate surface area is 130 Å². The van der Waals surface area contributed by atoms with Gasteiger partial charge in [0.15, 0.2) is 0 Å². The van der Waals surface area contributed by atoms with Gasteiger partial charge < -0.3 is 9.67 Å². The third-order valence-corrected chi connectivity index (χ3v) is 5.66. The summed E-state index contributed by atoms with van der Waals surface area (Å²) in [5.41, 5.74) is 1.48. The molecule has 2 aliphatic heterocycles. The van der Waals surface area contributed by atoms with Gasteiger partial charge in [0.25, 0.3) is 0 Å². The molecule has 4 unspecified atom stereocenters. The summed E-state index contributed by atoms with van der Waals surface area (Å²) in [6.07, 6.45) is 5.62. The van der Waals surface area contributed by atoms with Gasteiger partial charge in [-0.05, 0) is 44.7 Å². The lowest BCUT2D eigenvalue weighted by Gasteiger charge is -2.47. The Morgan fingerprint density at radius 1 is 1.32 bits per heavy atom. The summed E-state index contributed by atoms with van der Waals surface area (Å²) in [6, 6.07) is 8.94. The van der Waals surface area contributed by atoms with Crippen LogP contribution < -0.4 is 0 Å². The number of carboxylic acid groups (broad SMARTS) is 1. The molecule has 3 heterocycles. The van der Waals surface area contributed by atoms with E-state index in [0.717, 1.165) is 29.8 Å². The summed E-state index contributed by atoms with van der Waals surface area (Å²) >= 11 is 0. The summed E-state index contributed by atoms with van der Waals surface area (Å²) in [6.45, 7) is 4.56. The van der Waals surface area contributed by atoms with Crippen LogP contribution in [0.3, 0.4) is 0 Å². The van der Waals surface area contributed by atoms with Gasteiger partial charge in [0.05, 0.1) is 5.56 Å². The van der Waals surface area contributed by atoms with Crippen molar-refractivity contribution in [3.63, 3.8) is 0 Å². The van der Waals surface area contributed by atoms with Crippen LogP contribution >= 0.6 is 0 Å². The van der Waals surface area contributed by atoms with Crippen molar-refractivity contribution in [2.24, 2.45) is 5.92 Å². The van der Waals surface area contributed by atoms with Gasteiger partial charge in [-0.15, -0.1) is 0 Å². The van der Waals surface area contributed by atoms with Gasteiger partial charge in [-0.25, -0.2) is 4.79 Å². The summed E-state index contributed by atoms with van der Waals surface area (Å²) in [4.78, 5) is 14.1. The van der Waals surface area contributed by atoms with Crippen molar-refractivity contribution in [2.75, 3.05) is 13.1 Å². The Morgan fingerprint density at radius 2 is 2.14 bits per heavy atom. The molecule has 22 heavy (non-hydrogen) atoms. The van der Waals surface area contributed by atoms with Crippen LogP contribution in [0.2, 0.25) is 0 Å². The zero-order valence-electron chi connectivity index (χ0n) is 12.9. The molecule has 0 radical (unpaired) electrons. The van der Waals surface area contributed by atoms with E-state index in [0.29, 0.717) is 17.6 Å². The number of benzene rings is 1. The molecule has 4 nitrogen and oxygen atoms in total. The summed E-state index contributed by atoms with van der Waals surface area (Å²) < 4.78 is 2.22. The third-order valence-electron chi connectivity index (χ3n) is 5.66. The Bertz CT molecular complexity index is 707. The minimum Gasteiger partial charge on any atom is -0.478 e. The molecule has 2 fully saturated rings. The van der Waals surface area contributed by atoms with Crippen molar-refractivity contribution in [2.45, 2.75) is 38.3 Å². The smallest absolute Gasteiger partial charge is 0.337 e. The van der Waals surface area contributed by atoms with E-state index in [1.807, 2.05) is 30.5 Å². The molecule has 1 aromatic heterocycles. The van der Waals surface area contributed by atoms with E-state index in [1.165, 1.54) is 19.4 Å². The normalized spacial score (nSPS) is 31.3. The lowest BCUT2D eigenvalue weighted by Crippen LogP contribution is -2.50. The monoisotopic (exact) mass is 298 g/mol. The van der Waals surface area contributed by atoms with Crippen LogP contribution in [0.4, 0.5) is 0 Å². The summed E-state index contributed by atoms with van der Waals surface area (Å²) in [5, 5.41) is 10.3. The Kier molecular flexibility index (Phi) is 3.22. The minimum atomic E-state index is -0.834. The fourth-order valence-corrected chi connectivity index (χ4v) is 4.45. The molecule has 2 aliphatic rings. The minimum absolute atomic E-state index is 0.388. The van der Waals surface area contributed by atoms with Crippen LogP contribution in [0.25, 0.3) is 10.9 Å². The number of aromatic nitrogens is 1. The summed E-state index contributed by atoms with van der Waals surface area (Å²) in [7, 11) is 0. The summed E-state index contributed by atoms with van der Waals surface area (Å²) in [5.74, 6) is -0.0958. The van der Waals surface area contributed by atoms with Gasteiger partial charge in [-0.3, -0.25) is 4.90 Å². The maximum atomic E-state index is 11.5. The predicted molar refractivity (Wildman–Crippen MR) is 86.3 cm³/mol. The van der Waals surface area contributed by atoms with Crippen molar-refractivity contribution in [3.8, 4) is 0 Å². The highest BCUT2D eigenvalue weighted by Crippen LogP contribution is 2.38. The molecule has 0 amide bonds. The van der Waals surface area contributed by atoms with Gasteiger partial charge in [0.1, 0.15) is 0 Å². The number of piperidine rings is 2. The molecular weight excluding hydrogens is 276 g/mol. The van der Waals surface area contributed by atoms with Crippen molar-refractivity contribution in [1.82, 2.24) is 9.47 Å². The third kappa shape index (κ3) is 2.05. The molecule has 4 rings (SSSR count). The molecule has 4 heteroatoms. The topological polar surface area (TPSA) is 45.5 Å². The second-order valence-corrected chi connectivity index (χ2v) is 6.80. The number of carboxylic acids is 1. The number of hydrogen-bond acceptors (Lipinski definition) is 2. The number of nitrogens with zero attached hydrogens (tertiary/aromatic N) is 2. The first-order valence-electron chi connectivity index (χ1n) is 8.22. The molecular formula is C18H22N2O2. The average molecular weight is 298 g/mol. The Hall–Kier alpha value is -1.81. The van der Waals surface area contributed by atoms with Gasteiger partial charge in [-0.2, -0.15) is 0 Å². The second kappa shape index (κ2) is 5.13. The number of rotatable bonds is 2. The average Bonchev–Trinajstić information content (AvgIpc) is 2.87. The van der Waals surface area contributed by atoms with Crippen LogP contribution in [0.1, 0.15) is 42.6 Å². The van der Waals surface area contributed by atoms with Crippen LogP contribution in [0, 0.1) is 5.92 Å². The fourth-order valence-electron chi connectivity index (χ4n) is 4.45. The molecule has 0 aliphatic carbocycles. The first kappa shape index (κ1) is 13.8. The maximum absolute atomic E-state index is 11.5. The van der Waals surface area contributed by atoms with E-state index in [9.17, 15) is 9.90 Å². The highest BCUT2D eigenvalue weighted by molar-refractivity contribution is 6.03. The van der Waals surface area contributed by atoms with E-state index in [2.05, 4.69) is 16.4 Å². The van der Waals surface area contributed by atoms with E-state index >= 15 is 0 Å². The second-order valence-electron chi connectivity index (χ2n) is 6.80. The number of hydrogen-bond donors (Lipinski definition) is 1. The van der Waals surface area contributed by atoms with Gasteiger partial charge >= 0.3 is 5.97 Å². The predicted octanol–water partition coefficient (Wildman–Crippen LogP) is 3.38. The van der Waals surface area contributed by atoms with Crippen LogP contribution in [0.5, 0.6) is 0 Å². The molecule has 2 aromatic rings. The van der Waals surface area contributed by atoms with Crippen LogP contribution in [0.15, 0.2) is 30.5 Å². The molecule has 2 bridgehead atoms. The van der Waals surface area contributed by atoms with Crippen molar-refractivity contribution in [3.05, 3.63) is 36.0 Å². The van der Waals surface area contributed by atoms with Crippen molar-refractivity contribution >= 4 is 16.9 Å². The Balaban J connectivity index is 1.77. The lowest BCUT2D eigenvalue weighted by atomic mass is 9.81. The molecule has 116 valence electrons. The SMILES string of the molecule is CC1C2CCCN1CC(n1cc(C(=O)O)c3ccccc31)C2. The Morgan fingerprint density at radius 3 is 2.91 bits per heavy atom. The zero-order valence-corrected chi connectivity index (χ0v) is 12.9. The number of para-hydroxylation sites is 1. The van der Waals surface area contributed by atoms with Gasteiger partial charge in [-0.1, -0.05) is 18.2 Å². The lowest BCUT2D eigenvalue weighted by molar-refractivity contribution is 0.0321. The van der Waals surface area contributed by atoms with Crippen LogP contribution in [-0.4, -0.2) is 39.7 Å². The highest BCUT2D eigenvalue weighted by atomic mass is 16.4. The quantitative estimate of drug-likeness (QED) is 0.924. The van der Waals surface area contributed by atoms with Gasteiger partial charge in [0, 0.05) is 35.7 Å². The first-order valence-corrected chi connectivity index (χ1v) is 8.22. The fraction of sp³-hybridized carbons (Fsp3) is 0.500. The van der Waals surface area contributed by atoms with E-state index in [-0.39, 0.29) is 0 Å². The molecule has 2 saturated heterocycles. The standard InChI is InChI=1S/C18H22N2O2/c1-12-13-5-4-8-19(12)10-14(9-13)20-11-16(18(21)22)15-6-2-3-7-17(15)20/h2-3,6-7,11-14H,4-5,8-10H2,1H3,(H,21,22). The number of fused-ring (bicyclic) bond motifs is 3. The van der Waals surface area contributed by atoms with Crippen molar-refractivity contribution < 1.29 is 9.90 Å². The van der Waals surface area contributed by atoms with E-state index < -0.39 is 5.97 Å². The number of aromatic carboxylic acids is 1. The van der Waals surface area contributed by atoms with Gasteiger partial charge in [0.2, 0.25) is 0 Å². The van der Waals surface area contributed by atoms with Crippen LogP contribution in [-0.2, 0) is 0 Å². The maximum Gasteiger partial charge on any atom is 0.337 e. The number of carbonyl (C=O) groups is 1. The first-order chi connectivity index (χ1) is 10.6. The molecule has 1 aromatic carbocycles. The largest absolute Gasteiger partial charge is 0.478 e. The van der Waals surface area contributed by atoms with E-state index in [1.54, 1.807) is 0 Å². The molecule has 4 atom stereocenters. The van der Waals surface area contributed by atoms with E-state index in [4.69, 9.17) is 0 Å². The zero-order chi connectivity index (χ0) is 15.3. The van der Waals surface area contributed by atoms with Crippen molar-refractivity contribution in [1.29, 1.82) is 0 Å². The molecule has 1 N–H and O–H groups in total.